The number of amides is 4. The van der Waals surface area contributed by atoms with Crippen LogP contribution in [0.2, 0.25) is 0 Å². The lowest BCUT2D eigenvalue weighted by molar-refractivity contribution is -0.137. The molecule has 0 saturated carbocycles. The Morgan fingerprint density at radius 3 is 2.24 bits per heavy atom. The van der Waals surface area contributed by atoms with Crippen molar-refractivity contribution in [2.24, 2.45) is 0 Å². The van der Waals surface area contributed by atoms with Gasteiger partial charge in [0.25, 0.3) is 11.8 Å². The summed E-state index contributed by atoms with van der Waals surface area (Å²) >= 11 is 0. The van der Waals surface area contributed by atoms with Crippen LogP contribution in [0.15, 0.2) is 60.2 Å². The van der Waals surface area contributed by atoms with E-state index in [0.717, 1.165) is 17.8 Å². The number of aryl methyl sites for hydroxylation is 1. The molecule has 1 saturated heterocycles. The lowest BCUT2D eigenvalue weighted by Gasteiger charge is -2.26. The van der Waals surface area contributed by atoms with Crippen molar-refractivity contribution in [2.75, 3.05) is 4.90 Å². The Hall–Kier alpha value is -4.21. The van der Waals surface area contributed by atoms with Gasteiger partial charge in [0.15, 0.2) is 0 Å². The summed E-state index contributed by atoms with van der Waals surface area (Å²) in [5.74, 6) is -2.43. The Bertz CT molecular complexity index is 1350. The van der Waals surface area contributed by atoms with E-state index in [-0.39, 0.29) is 5.69 Å². The molecule has 4 rings (SSSR count). The minimum Gasteiger partial charge on any atom is -0.318 e. The molecule has 2 aromatic carbocycles. The Labute approximate surface area is 191 Å². The fourth-order valence-corrected chi connectivity index (χ4v) is 3.79. The highest BCUT2D eigenvalue weighted by Crippen LogP contribution is 2.33. The normalized spacial score (nSPS) is 15.8. The highest BCUT2D eigenvalue weighted by atomic mass is 19.4. The van der Waals surface area contributed by atoms with E-state index >= 15 is 0 Å². The number of nitrogens with zero attached hydrogens (tertiary/aromatic N) is 2. The van der Waals surface area contributed by atoms with E-state index in [4.69, 9.17) is 0 Å². The predicted molar refractivity (Wildman–Crippen MR) is 116 cm³/mol. The van der Waals surface area contributed by atoms with Gasteiger partial charge in [-0.05, 0) is 74.0 Å². The number of aromatic nitrogens is 1. The molecule has 0 unspecified atom stereocenters. The third-order valence-corrected chi connectivity index (χ3v) is 5.39. The summed E-state index contributed by atoms with van der Waals surface area (Å²) < 4.78 is 54.4. The zero-order valence-electron chi connectivity index (χ0n) is 17.9. The second-order valence-electron chi connectivity index (χ2n) is 7.64. The van der Waals surface area contributed by atoms with Crippen molar-refractivity contribution in [1.29, 1.82) is 0 Å². The molecule has 10 heteroatoms. The maximum atomic E-state index is 13.3. The van der Waals surface area contributed by atoms with Crippen molar-refractivity contribution >= 4 is 29.6 Å². The number of carbonyl (C=O) groups is 3. The number of hydrogen-bond acceptors (Lipinski definition) is 3. The van der Waals surface area contributed by atoms with E-state index in [1.165, 1.54) is 24.3 Å². The van der Waals surface area contributed by atoms with Crippen molar-refractivity contribution in [2.45, 2.75) is 20.0 Å². The summed E-state index contributed by atoms with van der Waals surface area (Å²) in [6, 6.07) is 9.96. The van der Waals surface area contributed by atoms with Gasteiger partial charge in [-0.2, -0.15) is 13.2 Å². The summed E-state index contributed by atoms with van der Waals surface area (Å²) in [6.45, 7) is 3.50. The van der Waals surface area contributed by atoms with Crippen LogP contribution in [0.5, 0.6) is 0 Å². The minimum atomic E-state index is -4.68. The number of barbiturate groups is 1. The number of benzene rings is 2. The Morgan fingerprint density at radius 2 is 1.59 bits per heavy atom. The highest BCUT2D eigenvalue weighted by Gasteiger charge is 2.38. The van der Waals surface area contributed by atoms with Gasteiger partial charge in [-0.25, -0.2) is 14.1 Å². The first kappa shape index (κ1) is 23.0. The number of carbonyl (C=O) groups excluding carboxylic acids is 3. The summed E-state index contributed by atoms with van der Waals surface area (Å²) in [5, 5.41) is 1.99. The van der Waals surface area contributed by atoms with Crippen molar-refractivity contribution in [1.82, 2.24) is 9.88 Å². The average Bonchev–Trinajstić information content (AvgIpc) is 3.04. The molecule has 0 aliphatic carbocycles. The summed E-state index contributed by atoms with van der Waals surface area (Å²) in [5.41, 5.74) is 0.685. The van der Waals surface area contributed by atoms with Gasteiger partial charge in [0.1, 0.15) is 11.4 Å². The molecule has 0 spiro atoms. The fourth-order valence-electron chi connectivity index (χ4n) is 3.79. The molecule has 6 nitrogen and oxygen atoms in total. The minimum absolute atomic E-state index is 0.326. The third kappa shape index (κ3) is 4.09. The fraction of sp³-hybridized carbons (Fsp3) is 0.125. The number of rotatable bonds is 3. The molecule has 4 amide bonds. The van der Waals surface area contributed by atoms with Gasteiger partial charge in [0.05, 0.1) is 11.3 Å². The van der Waals surface area contributed by atoms with E-state index < -0.39 is 41.0 Å². The molecule has 1 fully saturated rings. The summed E-state index contributed by atoms with van der Waals surface area (Å²) in [6.07, 6.45) is -3.41. The molecule has 0 radical (unpaired) electrons. The number of anilines is 1. The number of halogens is 4. The molecular weight excluding hydrogens is 454 g/mol. The first-order chi connectivity index (χ1) is 16.0. The monoisotopic (exact) mass is 471 g/mol. The molecule has 174 valence electrons. The largest absolute Gasteiger partial charge is 0.416 e. The zero-order valence-corrected chi connectivity index (χ0v) is 17.9. The second kappa shape index (κ2) is 8.29. The quantitative estimate of drug-likeness (QED) is 0.335. The number of imide groups is 2. The zero-order chi connectivity index (χ0) is 24.8. The first-order valence-corrected chi connectivity index (χ1v) is 10.0. The summed E-state index contributed by atoms with van der Waals surface area (Å²) in [7, 11) is 0. The van der Waals surface area contributed by atoms with Crippen LogP contribution in [0.3, 0.4) is 0 Å². The van der Waals surface area contributed by atoms with Crippen LogP contribution < -0.4 is 10.2 Å². The van der Waals surface area contributed by atoms with Gasteiger partial charge >= 0.3 is 12.2 Å². The molecular formula is C24H17F4N3O3. The molecule has 1 N–H and O–H groups in total. The van der Waals surface area contributed by atoms with Crippen molar-refractivity contribution in [3.05, 3.63) is 88.5 Å². The van der Waals surface area contributed by atoms with E-state index in [9.17, 15) is 31.9 Å². The third-order valence-electron chi connectivity index (χ3n) is 5.39. The van der Waals surface area contributed by atoms with Crippen LogP contribution in [0.1, 0.15) is 22.5 Å². The molecule has 0 atom stereocenters. The van der Waals surface area contributed by atoms with Crippen LogP contribution >= 0.6 is 0 Å². The first-order valence-electron chi connectivity index (χ1n) is 10.0. The second-order valence-corrected chi connectivity index (χ2v) is 7.64. The van der Waals surface area contributed by atoms with Gasteiger partial charge in [0, 0.05) is 17.1 Å². The van der Waals surface area contributed by atoms with E-state index in [2.05, 4.69) is 0 Å². The van der Waals surface area contributed by atoms with E-state index in [1.54, 1.807) is 36.6 Å². The Morgan fingerprint density at radius 1 is 0.912 bits per heavy atom. The lowest BCUT2D eigenvalue weighted by Crippen LogP contribution is -2.54. The smallest absolute Gasteiger partial charge is 0.318 e. The molecule has 3 aromatic rings. The van der Waals surface area contributed by atoms with Gasteiger partial charge in [-0.3, -0.25) is 14.9 Å². The molecule has 0 bridgehead atoms. The molecule has 34 heavy (non-hydrogen) atoms. The SMILES string of the molecule is Cc1cc(C=C2C(=O)NC(=O)N(c3cccc(C(F)(F)F)c3)C2=O)c(C)n1-c1ccc(F)cc1. The number of nitrogens with one attached hydrogen (secondary N) is 1. The molecule has 1 aromatic heterocycles. The Balaban J connectivity index is 1.75. The number of urea groups is 1. The maximum Gasteiger partial charge on any atom is 0.416 e. The van der Waals surface area contributed by atoms with E-state index in [1.807, 2.05) is 5.32 Å². The Kier molecular flexibility index (Phi) is 5.60. The maximum absolute atomic E-state index is 13.3. The lowest BCUT2D eigenvalue weighted by atomic mass is 10.1. The van der Waals surface area contributed by atoms with Crippen molar-refractivity contribution < 1.29 is 31.9 Å². The van der Waals surface area contributed by atoms with Gasteiger partial charge in [-0.15, -0.1) is 0 Å². The summed E-state index contributed by atoms with van der Waals surface area (Å²) in [4.78, 5) is 38.4. The molecule has 1 aliphatic rings. The predicted octanol–water partition coefficient (Wildman–Crippen LogP) is 4.92. The standard InChI is InChI=1S/C24H17F4N3O3/c1-13-10-15(14(2)30(13)18-8-6-17(25)7-9-18)11-20-21(32)29-23(34)31(22(20)33)19-5-3-4-16(12-19)24(26,27)28/h3-12H,1-2H3,(H,29,32,34). The van der Waals surface area contributed by atoms with Gasteiger partial charge in [-0.1, -0.05) is 6.07 Å². The molecule has 1 aliphatic heterocycles. The topological polar surface area (TPSA) is 71.4 Å². The van der Waals surface area contributed by atoms with Crippen molar-refractivity contribution in [3.63, 3.8) is 0 Å². The van der Waals surface area contributed by atoms with Crippen LogP contribution in [0.25, 0.3) is 11.8 Å². The number of hydrogen-bond donors (Lipinski definition) is 1. The van der Waals surface area contributed by atoms with Crippen LogP contribution in [-0.4, -0.2) is 22.4 Å². The van der Waals surface area contributed by atoms with Crippen LogP contribution in [0, 0.1) is 19.7 Å². The van der Waals surface area contributed by atoms with Crippen LogP contribution in [0.4, 0.5) is 28.0 Å². The van der Waals surface area contributed by atoms with Gasteiger partial charge < -0.3 is 4.57 Å². The van der Waals surface area contributed by atoms with Crippen molar-refractivity contribution in [3.8, 4) is 5.69 Å². The average molecular weight is 471 g/mol. The van der Waals surface area contributed by atoms with Gasteiger partial charge in [0.2, 0.25) is 0 Å². The molecule has 2 heterocycles. The number of alkyl halides is 3. The highest BCUT2D eigenvalue weighted by molar-refractivity contribution is 6.39. The van der Waals surface area contributed by atoms with Crippen LogP contribution in [-0.2, 0) is 15.8 Å². The van der Waals surface area contributed by atoms with E-state index in [0.29, 0.717) is 27.9 Å².